The van der Waals surface area contributed by atoms with Crippen LogP contribution in [0.5, 0.6) is 0 Å². The van der Waals surface area contributed by atoms with Crippen molar-refractivity contribution >= 4 is 40.6 Å². The molecule has 0 aliphatic carbocycles. The third-order valence-electron chi connectivity index (χ3n) is 5.72. The molecule has 0 saturated heterocycles. The van der Waals surface area contributed by atoms with Gasteiger partial charge >= 0.3 is 0 Å². The molecule has 4 rings (SSSR count). The zero-order valence-electron chi connectivity index (χ0n) is 19.0. The van der Waals surface area contributed by atoms with Crippen LogP contribution in [0.2, 0.25) is 10.0 Å². The molecule has 0 aliphatic rings. The number of nitrogens with one attached hydrogen (secondary N) is 1. The number of aryl methyl sites for hydroxylation is 2. The maximum absolute atomic E-state index is 13.3. The summed E-state index contributed by atoms with van der Waals surface area (Å²) in [5, 5.41) is 8.61. The second-order valence-electron chi connectivity index (χ2n) is 8.10. The van der Waals surface area contributed by atoms with Gasteiger partial charge in [-0.25, -0.2) is 0 Å². The highest BCUT2D eigenvalue weighted by Crippen LogP contribution is 2.28. The molecule has 7 heteroatoms. The van der Waals surface area contributed by atoms with Gasteiger partial charge in [0.25, 0.3) is 5.91 Å². The van der Waals surface area contributed by atoms with Crippen molar-refractivity contribution in [2.45, 2.75) is 27.3 Å². The summed E-state index contributed by atoms with van der Waals surface area (Å²) >= 11 is 12.6. The molecule has 3 aromatic carbocycles. The second-order valence-corrected chi connectivity index (χ2v) is 8.91. The van der Waals surface area contributed by atoms with Gasteiger partial charge in [0, 0.05) is 26.7 Å². The first-order valence-corrected chi connectivity index (χ1v) is 11.5. The zero-order valence-corrected chi connectivity index (χ0v) is 20.5. The Kier molecular flexibility index (Phi) is 6.87. The maximum Gasteiger partial charge on any atom is 0.256 e. The number of ketones is 1. The fourth-order valence-electron chi connectivity index (χ4n) is 3.79. The van der Waals surface area contributed by atoms with Crippen LogP contribution >= 0.6 is 23.2 Å². The van der Waals surface area contributed by atoms with Gasteiger partial charge < -0.3 is 5.32 Å². The first-order chi connectivity index (χ1) is 16.3. The molecule has 4 aromatic rings. The fraction of sp³-hybridized carbons (Fsp3) is 0.148. The Morgan fingerprint density at radius 1 is 0.853 bits per heavy atom. The van der Waals surface area contributed by atoms with E-state index in [0.717, 1.165) is 16.8 Å². The van der Waals surface area contributed by atoms with E-state index in [1.807, 2.05) is 32.9 Å². The topological polar surface area (TPSA) is 64.0 Å². The van der Waals surface area contributed by atoms with Gasteiger partial charge in [0.2, 0.25) is 0 Å². The number of carbonyl (C=O) groups is 2. The van der Waals surface area contributed by atoms with Crippen molar-refractivity contribution in [2.75, 3.05) is 5.32 Å². The normalized spacial score (nSPS) is 10.9. The molecule has 0 fully saturated rings. The van der Waals surface area contributed by atoms with E-state index in [1.54, 1.807) is 59.3 Å². The Morgan fingerprint density at radius 2 is 1.47 bits per heavy atom. The number of hydrogen-bond donors (Lipinski definition) is 1. The minimum Gasteiger partial charge on any atom is -0.319 e. The number of halogens is 2. The second kappa shape index (κ2) is 9.84. The molecule has 1 aromatic heterocycles. The van der Waals surface area contributed by atoms with E-state index in [4.69, 9.17) is 23.2 Å². The highest BCUT2D eigenvalue weighted by Gasteiger charge is 2.21. The molecular weight excluding hydrogens is 469 g/mol. The van der Waals surface area contributed by atoms with Crippen LogP contribution in [-0.2, 0) is 6.54 Å². The minimum atomic E-state index is -0.377. The summed E-state index contributed by atoms with van der Waals surface area (Å²) in [6.45, 7) is 6.00. The molecule has 0 radical (unpaired) electrons. The largest absolute Gasteiger partial charge is 0.319 e. The Balaban J connectivity index is 1.62. The van der Waals surface area contributed by atoms with Crippen LogP contribution in [0.1, 0.15) is 48.8 Å². The van der Waals surface area contributed by atoms with Crippen molar-refractivity contribution in [1.82, 2.24) is 9.78 Å². The van der Waals surface area contributed by atoms with Gasteiger partial charge in [-0.3, -0.25) is 14.3 Å². The maximum atomic E-state index is 13.3. The molecule has 1 amide bonds. The Hall–Kier alpha value is -3.41. The summed E-state index contributed by atoms with van der Waals surface area (Å²) in [6.07, 6.45) is 0. The van der Waals surface area contributed by atoms with Crippen molar-refractivity contribution in [2.24, 2.45) is 0 Å². The van der Waals surface area contributed by atoms with E-state index in [-0.39, 0.29) is 11.7 Å². The number of amides is 1. The Labute approximate surface area is 208 Å². The summed E-state index contributed by atoms with van der Waals surface area (Å²) in [6, 6.07) is 19.4. The first-order valence-electron chi connectivity index (χ1n) is 10.7. The van der Waals surface area contributed by atoms with Gasteiger partial charge in [-0.15, -0.1) is 0 Å². The van der Waals surface area contributed by atoms with E-state index in [1.165, 1.54) is 0 Å². The molecular formula is C27H23Cl2N3O2. The molecule has 0 unspecified atom stereocenters. The average molecular weight is 492 g/mol. The summed E-state index contributed by atoms with van der Waals surface area (Å²) in [5.41, 5.74) is 4.98. The van der Waals surface area contributed by atoms with E-state index >= 15 is 0 Å². The van der Waals surface area contributed by atoms with E-state index in [2.05, 4.69) is 10.4 Å². The van der Waals surface area contributed by atoms with Gasteiger partial charge in [-0.05, 0) is 39.0 Å². The SMILES string of the molecule is Cc1ccc(C(=O)c2ccccc2C(=O)Nc2c(C)nn(Cc3c(Cl)cccc3Cl)c2C)cc1. The summed E-state index contributed by atoms with van der Waals surface area (Å²) in [4.78, 5) is 26.4. The number of rotatable bonds is 6. The highest BCUT2D eigenvalue weighted by molar-refractivity contribution is 6.36. The number of carbonyl (C=O) groups excluding carboxylic acids is 2. The third kappa shape index (κ3) is 4.76. The lowest BCUT2D eigenvalue weighted by Crippen LogP contribution is -2.18. The van der Waals surface area contributed by atoms with Crippen molar-refractivity contribution < 1.29 is 9.59 Å². The van der Waals surface area contributed by atoms with Gasteiger partial charge in [-0.1, -0.05) is 77.3 Å². The van der Waals surface area contributed by atoms with E-state index < -0.39 is 0 Å². The molecule has 0 spiro atoms. The zero-order chi connectivity index (χ0) is 24.4. The van der Waals surface area contributed by atoms with Crippen molar-refractivity contribution in [3.05, 3.63) is 116 Å². The lowest BCUT2D eigenvalue weighted by atomic mass is 9.97. The standard InChI is InChI=1S/C27H23Cl2N3O2/c1-16-11-13-19(14-12-16)26(33)20-7-4-5-8-21(20)27(34)30-25-17(2)31-32(18(25)3)15-22-23(28)9-6-10-24(22)29/h4-14H,15H2,1-3H3,(H,30,34). The molecule has 0 saturated carbocycles. The molecule has 1 heterocycles. The number of nitrogens with zero attached hydrogens (tertiary/aromatic N) is 2. The van der Waals surface area contributed by atoms with Crippen molar-refractivity contribution in [3.63, 3.8) is 0 Å². The third-order valence-corrected chi connectivity index (χ3v) is 6.43. The first kappa shape index (κ1) is 23.7. The number of aromatic nitrogens is 2. The predicted molar refractivity (Wildman–Crippen MR) is 136 cm³/mol. The smallest absolute Gasteiger partial charge is 0.256 e. The van der Waals surface area contributed by atoms with Gasteiger partial charge in [0.1, 0.15) is 0 Å². The van der Waals surface area contributed by atoms with Gasteiger partial charge in [0.05, 0.1) is 29.2 Å². The van der Waals surface area contributed by atoms with Crippen LogP contribution in [0.4, 0.5) is 5.69 Å². The molecule has 5 nitrogen and oxygen atoms in total. The lowest BCUT2D eigenvalue weighted by molar-refractivity contribution is 0.0996. The number of hydrogen-bond acceptors (Lipinski definition) is 3. The predicted octanol–water partition coefficient (Wildman–Crippen LogP) is 6.65. The van der Waals surface area contributed by atoms with Crippen LogP contribution in [0.3, 0.4) is 0 Å². The molecule has 34 heavy (non-hydrogen) atoms. The summed E-state index contributed by atoms with van der Waals surface area (Å²) in [7, 11) is 0. The molecule has 0 aliphatic heterocycles. The molecule has 172 valence electrons. The summed E-state index contributed by atoms with van der Waals surface area (Å²) < 4.78 is 1.75. The van der Waals surface area contributed by atoms with Crippen LogP contribution in [0.25, 0.3) is 0 Å². The minimum absolute atomic E-state index is 0.205. The fourth-order valence-corrected chi connectivity index (χ4v) is 4.30. The van der Waals surface area contributed by atoms with Crippen LogP contribution < -0.4 is 5.32 Å². The average Bonchev–Trinajstić information content (AvgIpc) is 3.09. The highest BCUT2D eigenvalue weighted by atomic mass is 35.5. The van der Waals surface area contributed by atoms with Crippen LogP contribution in [0, 0.1) is 20.8 Å². The van der Waals surface area contributed by atoms with Crippen molar-refractivity contribution in [3.8, 4) is 0 Å². The molecule has 0 atom stereocenters. The van der Waals surface area contributed by atoms with Crippen LogP contribution in [0.15, 0.2) is 66.7 Å². The van der Waals surface area contributed by atoms with E-state index in [9.17, 15) is 9.59 Å². The summed E-state index contributed by atoms with van der Waals surface area (Å²) in [5.74, 6) is -0.583. The molecule has 1 N–H and O–H groups in total. The van der Waals surface area contributed by atoms with Crippen molar-refractivity contribution in [1.29, 1.82) is 0 Å². The Bertz CT molecular complexity index is 1370. The molecule has 0 bridgehead atoms. The Morgan fingerprint density at radius 3 is 2.12 bits per heavy atom. The quantitative estimate of drug-likeness (QED) is 0.307. The lowest BCUT2D eigenvalue weighted by Gasteiger charge is -2.11. The van der Waals surface area contributed by atoms with E-state index in [0.29, 0.717) is 44.7 Å². The number of anilines is 1. The van der Waals surface area contributed by atoms with Gasteiger partial charge in [0.15, 0.2) is 5.78 Å². The monoisotopic (exact) mass is 491 g/mol. The number of benzene rings is 3. The van der Waals surface area contributed by atoms with Crippen LogP contribution in [-0.4, -0.2) is 21.5 Å². The van der Waals surface area contributed by atoms with Gasteiger partial charge in [-0.2, -0.15) is 5.10 Å².